The number of nitrogens with two attached hydrogens (primary N) is 1. The molecule has 0 aliphatic rings. The van der Waals surface area contributed by atoms with E-state index >= 15 is 0 Å². The average Bonchev–Trinajstić information content (AvgIpc) is 2.60. The number of aromatic nitrogens is 3. The largest absolute Gasteiger partial charge is 0.319 e. The maximum absolute atomic E-state index is 6.06. The van der Waals surface area contributed by atoms with Gasteiger partial charge in [0.05, 0.1) is 5.54 Å². The molecule has 0 radical (unpaired) electrons. The fraction of sp³-hybridized carbons (Fsp3) is 0.385. The van der Waals surface area contributed by atoms with Crippen LogP contribution in [0.1, 0.15) is 25.2 Å². The average molecular weight is 303 g/mol. The molecule has 0 amide bonds. The fourth-order valence-corrected chi connectivity index (χ4v) is 1.95. The third kappa shape index (κ3) is 3.47. The molecule has 0 fully saturated rings. The summed E-state index contributed by atoms with van der Waals surface area (Å²) in [7, 11) is 1.95. The van der Waals surface area contributed by atoms with Gasteiger partial charge in [-0.3, -0.25) is 0 Å². The molecule has 2 aromatic rings. The zero-order valence-corrected chi connectivity index (χ0v) is 13.2. The normalized spacial score (nSPS) is 10.6. The Morgan fingerprint density at radius 1 is 1.11 bits per heavy atom. The van der Waals surface area contributed by atoms with Gasteiger partial charge in [0, 0.05) is 12.6 Å². The first kappa shape index (κ1) is 17.9. The van der Waals surface area contributed by atoms with Gasteiger partial charge in [0.1, 0.15) is 0 Å². The summed E-state index contributed by atoms with van der Waals surface area (Å²) in [6.07, 6.45) is 0. The maximum Gasteiger partial charge on any atom is 0.164 e. The second-order valence-corrected chi connectivity index (χ2v) is 4.94. The summed E-state index contributed by atoms with van der Waals surface area (Å²) in [6, 6.07) is 8.14. The van der Waals surface area contributed by atoms with Gasteiger partial charge < -0.3 is 10.3 Å². The van der Waals surface area contributed by atoms with E-state index in [1.165, 1.54) is 5.56 Å². The van der Waals surface area contributed by atoms with Crippen LogP contribution in [0.3, 0.4) is 0 Å². The predicted octanol–water partition coefficient (Wildman–Crippen LogP) is 2.83. The molecule has 1 heterocycles. The monoisotopic (exact) mass is 302 g/mol. The molecule has 106 valence electrons. The highest BCUT2D eigenvalue weighted by atomic mass is 35.5. The second kappa shape index (κ2) is 6.37. The summed E-state index contributed by atoms with van der Waals surface area (Å²) in [4.78, 5) is 0. The molecule has 0 spiro atoms. The highest BCUT2D eigenvalue weighted by Crippen LogP contribution is 2.24. The smallest absolute Gasteiger partial charge is 0.164 e. The summed E-state index contributed by atoms with van der Waals surface area (Å²) in [5.41, 5.74) is 7.86. The van der Waals surface area contributed by atoms with Crippen molar-refractivity contribution in [1.82, 2.24) is 14.8 Å². The van der Waals surface area contributed by atoms with E-state index in [1.807, 2.05) is 43.7 Å². The number of benzene rings is 1. The van der Waals surface area contributed by atoms with Crippen LogP contribution in [0, 0.1) is 6.92 Å². The number of halogens is 2. The highest BCUT2D eigenvalue weighted by Gasteiger charge is 2.23. The summed E-state index contributed by atoms with van der Waals surface area (Å²) < 4.78 is 1.96. The van der Waals surface area contributed by atoms with Crippen molar-refractivity contribution >= 4 is 24.8 Å². The van der Waals surface area contributed by atoms with E-state index in [0.29, 0.717) is 0 Å². The molecule has 0 aliphatic carbocycles. The summed E-state index contributed by atoms with van der Waals surface area (Å²) in [5, 5.41) is 8.44. The Bertz CT molecular complexity index is 544. The summed E-state index contributed by atoms with van der Waals surface area (Å²) in [6.45, 7) is 5.93. The van der Waals surface area contributed by atoms with Crippen LogP contribution in [-0.2, 0) is 12.6 Å². The van der Waals surface area contributed by atoms with Crippen LogP contribution in [-0.4, -0.2) is 14.8 Å². The van der Waals surface area contributed by atoms with Gasteiger partial charge in [0.2, 0.25) is 0 Å². The van der Waals surface area contributed by atoms with Crippen LogP contribution in [0.5, 0.6) is 0 Å². The van der Waals surface area contributed by atoms with Crippen molar-refractivity contribution in [2.24, 2.45) is 12.8 Å². The van der Waals surface area contributed by atoms with Crippen molar-refractivity contribution < 1.29 is 0 Å². The quantitative estimate of drug-likeness (QED) is 0.928. The standard InChI is InChI=1S/C13H18N4.2ClH/c1-9-7-5-6-8-10(9)11-15-16-12(17(11)4)13(2,3)14;;/h5-8H,14H2,1-4H3;2*1H. The second-order valence-electron chi connectivity index (χ2n) is 4.94. The van der Waals surface area contributed by atoms with E-state index < -0.39 is 5.54 Å². The Labute approximate surface area is 126 Å². The maximum atomic E-state index is 6.06. The van der Waals surface area contributed by atoms with Crippen LogP contribution in [0.4, 0.5) is 0 Å². The zero-order chi connectivity index (χ0) is 12.6. The topological polar surface area (TPSA) is 56.7 Å². The Kier molecular flexibility index (Phi) is 6.00. The molecule has 0 atom stereocenters. The molecule has 0 saturated heterocycles. The molecule has 4 nitrogen and oxygen atoms in total. The molecule has 1 aromatic carbocycles. The van der Waals surface area contributed by atoms with Crippen LogP contribution in [0.15, 0.2) is 24.3 Å². The molecule has 2 rings (SSSR count). The lowest BCUT2D eigenvalue weighted by atomic mass is 10.1. The van der Waals surface area contributed by atoms with E-state index in [4.69, 9.17) is 5.73 Å². The van der Waals surface area contributed by atoms with Gasteiger partial charge in [0.15, 0.2) is 11.6 Å². The van der Waals surface area contributed by atoms with Crippen molar-refractivity contribution in [2.75, 3.05) is 0 Å². The van der Waals surface area contributed by atoms with Crippen molar-refractivity contribution in [3.63, 3.8) is 0 Å². The number of hydrogen-bond donors (Lipinski definition) is 1. The Balaban J connectivity index is 0.00000162. The van der Waals surface area contributed by atoms with E-state index in [0.717, 1.165) is 17.2 Å². The van der Waals surface area contributed by atoms with Crippen LogP contribution >= 0.6 is 24.8 Å². The molecule has 0 unspecified atom stereocenters. The SMILES string of the molecule is Cc1ccccc1-c1nnc(C(C)(C)N)n1C.Cl.Cl. The van der Waals surface area contributed by atoms with Crippen molar-refractivity contribution in [3.8, 4) is 11.4 Å². The van der Waals surface area contributed by atoms with E-state index in [1.54, 1.807) is 0 Å². The van der Waals surface area contributed by atoms with Gasteiger partial charge in [0.25, 0.3) is 0 Å². The molecule has 0 bridgehead atoms. The lowest BCUT2D eigenvalue weighted by molar-refractivity contribution is 0.493. The lowest BCUT2D eigenvalue weighted by Gasteiger charge is -2.17. The van der Waals surface area contributed by atoms with Gasteiger partial charge >= 0.3 is 0 Å². The molecule has 2 N–H and O–H groups in total. The van der Waals surface area contributed by atoms with Crippen LogP contribution in [0.25, 0.3) is 11.4 Å². The third-order valence-electron chi connectivity index (χ3n) is 2.84. The fourth-order valence-electron chi connectivity index (χ4n) is 1.95. The lowest BCUT2D eigenvalue weighted by Crippen LogP contribution is -2.32. The molecule has 0 saturated carbocycles. The minimum atomic E-state index is -0.483. The predicted molar refractivity (Wildman–Crippen MR) is 82.9 cm³/mol. The molecular formula is C13H20Cl2N4. The Hall–Kier alpha value is -1.10. The van der Waals surface area contributed by atoms with Gasteiger partial charge in [-0.15, -0.1) is 35.0 Å². The van der Waals surface area contributed by atoms with Crippen molar-refractivity contribution in [2.45, 2.75) is 26.3 Å². The number of hydrogen-bond acceptors (Lipinski definition) is 3. The van der Waals surface area contributed by atoms with Gasteiger partial charge in [-0.25, -0.2) is 0 Å². The van der Waals surface area contributed by atoms with Gasteiger partial charge in [-0.2, -0.15) is 0 Å². The first-order valence-corrected chi connectivity index (χ1v) is 5.66. The van der Waals surface area contributed by atoms with Crippen LogP contribution < -0.4 is 5.73 Å². The molecule has 19 heavy (non-hydrogen) atoms. The van der Waals surface area contributed by atoms with E-state index in [-0.39, 0.29) is 24.8 Å². The minimum Gasteiger partial charge on any atom is -0.319 e. The first-order chi connectivity index (χ1) is 7.91. The number of rotatable bonds is 2. The van der Waals surface area contributed by atoms with E-state index in [9.17, 15) is 0 Å². The minimum absolute atomic E-state index is 0. The Morgan fingerprint density at radius 3 is 2.16 bits per heavy atom. The molecule has 1 aromatic heterocycles. The highest BCUT2D eigenvalue weighted by molar-refractivity contribution is 5.85. The third-order valence-corrected chi connectivity index (χ3v) is 2.84. The molecular weight excluding hydrogens is 283 g/mol. The van der Waals surface area contributed by atoms with Gasteiger partial charge in [-0.1, -0.05) is 24.3 Å². The zero-order valence-electron chi connectivity index (χ0n) is 11.5. The molecule has 6 heteroatoms. The summed E-state index contributed by atoms with van der Waals surface area (Å²) >= 11 is 0. The van der Waals surface area contributed by atoms with Crippen molar-refractivity contribution in [1.29, 1.82) is 0 Å². The van der Waals surface area contributed by atoms with Crippen molar-refractivity contribution in [3.05, 3.63) is 35.7 Å². The Morgan fingerprint density at radius 2 is 1.68 bits per heavy atom. The first-order valence-electron chi connectivity index (χ1n) is 5.66. The van der Waals surface area contributed by atoms with E-state index in [2.05, 4.69) is 23.2 Å². The summed E-state index contributed by atoms with van der Waals surface area (Å²) in [5.74, 6) is 1.65. The van der Waals surface area contributed by atoms with Crippen LogP contribution in [0.2, 0.25) is 0 Å². The molecule has 0 aliphatic heterocycles. The number of aryl methyl sites for hydroxylation is 1. The number of nitrogens with zero attached hydrogens (tertiary/aromatic N) is 3. The van der Waals surface area contributed by atoms with Gasteiger partial charge in [-0.05, 0) is 26.3 Å².